The molecule has 1 aliphatic heterocycles. The Bertz CT molecular complexity index is 259. The van der Waals surface area contributed by atoms with E-state index in [4.69, 9.17) is 10.5 Å². The van der Waals surface area contributed by atoms with Crippen LogP contribution in [0.5, 0.6) is 0 Å². The number of hydrogen-bond acceptors (Lipinski definition) is 3. The van der Waals surface area contributed by atoms with Gasteiger partial charge in [-0.2, -0.15) is 0 Å². The van der Waals surface area contributed by atoms with Crippen LogP contribution in [-0.4, -0.2) is 42.8 Å². The van der Waals surface area contributed by atoms with Crippen LogP contribution < -0.4 is 5.73 Å². The Balaban J connectivity index is 2.14. The molecule has 1 saturated heterocycles. The summed E-state index contributed by atoms with van der Waals surface area (Å²) in [5.41, 5.74) is 6.49. The molecule has 2 N–H and O–H groups in total. The number of nitrogens with two attached hydrogens (primary N) is 1. The van der Waals surface area contributed by atoms with Crippen LogP contribution in [0.25, 0.3) is 0 Å². The molecule has 3 unspecified atom stereocenters. The first kappa shape index (κ1) is 14.3. The van der Waals surface area contributed by atoms with Gasteiger partial charge in [-0.1, -0.05) is 26.7 Å². The van der Waals surface area contributed by atoms with Gasteiger partial charge in [0.15, 0.2) is 0 Å². The lowest BCUT2D eigenvalue weighted by Gasteiger charge is -2.45. The van der Waals surface area contributed by atoms with E-state index in [0.717, 1.165) is 38.5 Å². The molecule has 0 bridgehead atoms. The molecule has 0 amide bonds. The third-order valence-corrected chi connectivity index (χ3v) is 5.20. The molecule has 0 aromatic rings. The van der Waals surface area contributed by atoms with Crippen LogP contribution in [0, 0.1) is 5.92 Å². The Kier molecular flexibility index (Phi) is 5.05. The zero-order valence-electron chi connectivity index (χ0n) is 12.2. The zero-order chi connectivity index (χ0) is 13.0. The van der Waals surface area contributed by atoms with Crippen molar-refractivity contribution in [1.29, 1.82) is 0 Å². The lowest BCUT2D eigenvalue weighted by atomic mass is 9.83. The van der Waals surface area contributed by atoms with E-state index in [2.05, 4.69) is 18.7 Å². The van der Waals surface area contributed by atoms with E-state index in [9.17, 15) is 0 Å². The van der Waals surface area contributed by atoms with Crippen molar-refractivity contribution in [2.75, 3.05) is 26.2 Å². The number of ether oxygens (including phenoxy) is 1. The summed E-state index contributed by atoms with van der Waals surface area (Å²) in [6.07, 6.45) is 7.96. The molecule has 0 aromatic heterocycles. The van der Waals surface area contributed by atoms with Crippen LogP contribution in [0.4, 0.5) is 0 Å². The highest BCUT2D eigenvalue weighted by molar-refractivity contribution is 5.02. The van der Waals surface area contributed by atoms with Crippen molar-refractivity contribution in [1.82, 2.24) is 4.90 Å². The fourth-order valence-electron chi connectivity index (χ4n) is 4.07. The molecular weight excluding hydrogens is 224 g/mol. The Hall–Kier alpha value is -0.120. The average molecular weight is 254 g/mol. The molecule has 1 heterocycles. The van der Waals surface area contributed by atoms with Gasteiger partial charge in [-0.25, -0.2) is 0 Å². The summed E-state index contributed by atoms with van der Waals surface area (Å²) in [5, 5.41) is 0. The molecule has 2 rings (SSSR count). The topological polar surface area (TPSA) is 38.5 Å². The Morgan fingerprint density at radius 1 is 1.28 bits per heavy atom. The predicted molar refractivity (Wildman–Crippen MR) is 75.6 cm³/mol. The van der Waals surface area contributed by atoms with Gasteiger partial charge in [0, 0.05) is 31.8 Å². The summed E-state index contributed by atoms with van der Waals surface area (Å²) < 4.78 is 5.92. The first-order chi connectivity index (χ1) is 8.76. The van der Waals surface area contributed by atoms with Gasteiger partial charge in [-0.05, 0) is 31.6 Å². The molecule has 106 valence electrons. The van der Waals surface area contributed by atoms with E-state index in [1.807, 2.05) is 0 Å². The van der Waals surface area contributed by atoms with Gasteiger partial charge < -0.3 is 10.5 Å². The van der Waals surface area contributed by atoms with Gasteiger partial charge in [0.1, 0.15) is 0 Å². The largest absolute Gasteiger partial charge is 0.377 e. The summed E-state index contributed by atoms with van der Waals surface area (Å²) in [4.78, 5) is 2.69. The molecule has 3 heteroatoms. The second-order valence-electron chi connectivity index (χ2n) is 6.01. The van der Waals surface area contributed by atoms with Crippen molar-refractivity contribution in [3.63, 3.8) is 0 Å². The number of nitrogens with zero attached hydrogens (tertiary/aromatic N) is 1. The minimum atomic E-state index is 0.274. The fraction of sp³-hybridized carbons (Fsp3) is 1.00. The van der Waals surface area contributed by atoms with Crippen molar-refractivity contribution in [2.24, 2.45) is 11.7 Å². The highest BCUT2D eigenvalue weighted by atomic mass is 16.5. The normalized spacial score (nSPS) is 38.8. The number of hydrogen-bond donors (Lipinski definition) is 1. The SMILES string of the molecule is CCC1CN(C2(CN)CCCC2CC)CCCO1. The predicted octanol–water partition coefficient (Wildman–Crippen LogP) is 2.39. The van der Waals surface area contributed by atoms with Crippen molar-refractivity contribution in [2.45, 2.75) is 64.0 Å². The fourth-order valence-corrected chi connectivity index (χ4v) is 4.07. The highest BCUT2D eigenvalue weighted by Crippen LogP contribution is 2.42. The van der Waals surface area contributed by atoms with Gasteiger partial charge in [0.25, 0.3) is 0 Å². The van der Waals surface area contributed by atoms with Gasteiger partial charge in [0.2, 0.25) is 0 Å². The Morgan fingerprint density at radius 2 is 2.11 bits per heavy atom. The van der Waals surface area contributed by atoms with Gasteiger partial charge >= 0.3 is 0 Å². The molecule has 0 aromatic carbocycles. The van der Waals surface area contributed by atoms with E-state index in [-0.39, 0.29) is 5.54 Å². The van der Waals surface area contributed by atoms with Crippen molar-refractivity contribution in [3.05, 3.63) is 0 Å². The smallest absolute Gasteiger partial charge is 0.0699 e. The zero-order valence-corrected chi connectivity index (χ0v) is 12.2. The Morgan fingerprint density at radius 3 is 2.78 bits per heavy atom. The minimum Gasteiger partial charge on any atom is -0.377 e. The van der Waals surface area contributed by atoms with Crippen LogP contribution >= 0.6 is 0 Å². The van der Waals surface area contributed by atoms with Crippen LogP contribution in [0.1, 0.15) is 52.4 Å². The minimum absolute atomic E-state index is 0.274. The molecule has 3 atom stereocenters. The summed E-state index contributed by atoms with van der Waals surface area (Å²) in [7, 11) is 0. The van der Waals surface area contributed by atoms with Crippen LogP contribution in [0.2, 0.25) is 0 Å². The molecule has 18 heavy (non-hydrogen) atoms. The third-order valence-electron chi connectivity index (χ3n) is 5.20. The first-order valence-corrected chi connectivity index (χ1v) is 7.83. The van der Waals surface area contributed by atoms with Crippen LogP contribution in [0.15, 0.2) is 0 Å². The second kappa shape index (κ2) is 6.36. The van der Waals surface area contributed by atoms with E-state index in [0.29, 0.717) is 6.10 Å². The molecule has 1 saturated carbocycles. The lowest BCUT2D eigenvalue weighted by Crippen LogP contribution is -2.57. The van der Waals surface area contributed by atoms with Gasteiger partial charge in [0.05, 0.1) is 6.10 Å². The lowest BCUT2D eigenvalue weighted by molar-refractivity contribution is 0.0111. The molecule has 3 nitrogen and oxygen atoms in total. The number of rotatable bonds is 4. The first-order valence-electron chi connectivity index (χ1n) is 7.83. The standard InChI is InChI=1S/C15H30N2O/c1-3-13-7-5-8-15(13,12-16)17-9-6-10-18-14(4-2)11-17/h13-14H,3-12,16H2,1-2H3. The van der Waals surface area contributed by atoms with E-state index in [1.54, 1.807) is 0 Å². The van der Waals surface area contributed by atoms with Crippen molar-refractivity contribution in [3.8, 4) is 0 Å². The molecule has 0 radical (unpaired) electrons. The summed E-state index contributed by atoms with van der Waals surface area (Å²) in [6.45, 7) is 8.56. The van der Waals surface area contributed by atoms with Crippen molar-refractivity contribution < 1.29 is 4.74 Å². The molecule has 2 fully saturated rings. The van der Waals surface area contributed by atoms with Gasteiger partial charge in [-0.3, -0.25) is 4.90 Å². The third kappa shape index (κ3) is 2.59. The van der Waals surface area contributed by atoms with E-state index < -0.39 is 0 Å². The molecule has 2 aliphatic rings. The Labute approximate surface area is 112 Å². The van der Waals surface area contributed by atoms with E-state index >= 15 is 0 Å². The van der Waals surface area contributed by atoms with Crippen LogP contribution in [-0.2, 0) is 4.74 Å². The quantitative estimate of drug-likeness (QED) is 0.837. The average Bonchev–Trinajstić information content (AvgIpc) is 2.68. The summed E-state index contributed by atoms with van der Waals surface area (Å²) in [6, 6.07) is 0. The van der Waals surface area contributed by atoms with E-state index in [1.165, 1.54) is 32.2 Å². The maximum Gasteiger partial charge on any atom is 0.0699 e. The highest BCUT2D eigenvalue weighted by Gasteiger charge is 2.45. The van der Waals surface area contributed by atoms with Gasteiger partial charge in [-0.15, -0.1) is 0 Å². The second-order valence-corrected chi connectivity index (χ2v) is 6.01. The molecule has 1 aliphatic carbocycles. The van der Waals surface area contributed by atoms with Crippen LogP contribution in [0.3, 0.4) is 0 Å². The molecular formula is C15H30N2O. The maximum atomic E-state index is 6.22. The maximum absolute atomic E-state index is 6.22. The monoisotopic (exact) mass is 254 g/mol. The summed E-state index contributed by atoms with van der Waals surface area (Å²) >= 11 is 0. The molecule has 0 spiro atoms. The summed E-state index contributed by atoms with van der Waals surface area (Å²) in [5.74, 6) is 0.790. The van der Waals surface area contributed by atoms with Crippen molar-refractivity contribution >= 4 is 0 Å².